The quantitative estimate of drug-likeness (QED) is 0.151. The van der Waals surface area contributed by atoms with Crippen molar-refractivity contribution in [2.75, 3.05) is 13.7 Å². The van der Waals surface area contributed by atoms with Gasteiger partial charge in [0.2, 0.25) is 5.88 Å². The monoisotopic (exact) mass is 529 g/mol. The van der Waals surface area contributed by atoms with Gasteiger partial charge in [-0.05, 0) is 65.5 Å². The van der Waals surface area contributed by atoms with E-state index in [0.29, 0.717) is 25.0 Å². The molecule has 0 saturated heterocycles. The number of aryl methyl sites for hydroxylation is 1. The van der Waals surface area contributed by atoms with Crippen molar-refractivity contribution in [3.05, 3.63) is 51.6 Å². The molecule has 0 aliphatic heterocycles. The summed E-state index contributed by atoms with van der Waals surface area (Å²) in [6.45, 7) is 11.5. The lowest BCUT2D eigenvalue weighted by Gasteiger charge is -2.36. The molecule has 0 saturated carbocycles. The van der Waals surface area contributed by atoms with E-state index in [1.165, 1.54) is 31.5 Å². The second-order valence-electron chi connectivity index (χ2n) is 9.02. The van der Waals surface area contributed by atoms with Crippen molar-refractivity contribution in [3.63, 3.8) is 0 Å². The summed E-state index contributed by atoms with van der Waals surface area (Å²) in [4.78, 5) is 15.6. The van der Waals surface area contributed by atoms with Crippen LogP contribution in [0.25, 0.3) is 0 Å². The molecular weight excluding hydrogens is 500 g/mol. The van der Waals surface area contributed by atoms with Crippen molar-refractivity contribution in [3.8, 4) is 11.6 Å². The van der Waals surface area contributed by atoms with Gasteiger partial charge < -0.3 is 13.9 Å². The first-order chi connectivity index (χ1) is 14.9. The van der Waals surface area contributed by atoms with Crippen molar-refractivity contribution in [2.45, 2.75) is 58.2 Å². The number of ether oxygens (including phenoxy) is 2. The van der Waals surface area contributed by atoms with Gasteiger partial charge in [0, 0.05) is 24.4 Å². The summed E-state index contributed by atoms with van der Waals surface area (Å²) >= 11 is 2.92. The number of benzene rings is 1. The minimum atomic E-state index is -1.83. The summed E-state index contributed by atoms with van der Waals surface area (Å²) in [6, 6.07) is 4.16. The van der Waals surface area contributed by atoms with E-state index in [2.05, 4.69) is 59.5 Å². The number of methoxy groups -OCH3 is 1. The van der Waals surface area contributed by atoms with Crippen molar-refractivity contribution in [1.29, 1.82) is 0 Å². The highest BCUT2D eigenvalue weighted by Gasteiger charge is 2.36. The highest BCUT2D eigenvalue weighted by molar-refractivity contribution is 9.10. The molecule has 0 N–H and O–H groups in total. The van der Waals surface area contributed by atoms with Gasteiger partial charge in [0.25, 0.3) is 0 Å². The summed E-state index contributed by atoms with van der Waals surface area (Å²) in [7, 11) is -0.563. The Morgan fingerprint density at radius 3 is 2.44 bits per heavy atom. The Bertz CT molecular complexity index is 946. The van der Waals surface area contributed by atoms with Gasteiger partial charge in [-0.15, -0.1) is 0 Å². The van der Waals surface area contributed by atoms with Crippen LogP contribution in [0.3, 0.4) is 0 Å². The first-order valence-electron chi connectivity index (χ1n) is 10.4. The number of nitrogens with zero attached hydrogens (tertiary/aromatic N) is 1. The third-order valence-electron chi connectivity index (χ3n) is 5.67. The molecule has 1 aromatic carbocycles. The molecule has 0 aliphatic rings. The van der Waals surface area contributed by atoms with E-state index in [1.807, 2.05) is 0 Å². The van der Waals surface area contributed by atoms with E-state index in [1.54, 1.807) is 0 Å². The van der Waals surface area contributed by atoms with Gasteiger partial charge in [0.15, 0.2) is 19.9 Å². The standard InChI is InChI=1S/C23H30BrF2NO4Si/c1-23(2,3)32(5,6)30-12-8-7-9-15-13-17(25)19(24)20(26)21(15)31-18-11-10-16(14-27-18)22(28)29-4/h10-11,13-14H,7-9,12H2,1-6H3. The number of pyridine rings is 1. The molecule has 1 heterocycles. The van der Waals surface area contributed by atoms with Crippen LogP contribution in [0.4, 0.5) is 8.78 Å². The molecule has 0 amide bonds. The molecule has 0 bridgehead atoms. The second-order valence-corrected chi connectivity index (χ2v) is 14.6. The maximum absolute atomic E-state index is 14.8. The first kappa shape index (κ1) is 26.4. The fraction of sp³-hybridized carbons (Fsp3) is 0.478. The molecule has 32 heavy (non-hydrogen) atoms. The van der Waals surface area contributed by atoms with E-state index in [-0.39, 0.29) is 26.7 Å². The predicted molar refractivity (Wildman–Crippen MR) is 126 cm³/mol. The average molecular weight is 530 g/mol. The number of carbonyl (C=O) groups is 1. The SMILES string of the molecule is COC(=O)c1ccc(Oc2c(CCCCO[Si](C)(C)C(C)(C)C)cc(F)c(Br)c2F)nc1. The number of halogens is 3. The molecule has 0 aliphatic carbocycles. The highest BCUT2D eigenvalue weighted by atomic mass is 79.9. The largest absolute Gasteiger partial charge is 0.465 e. The van der Waals surface area contributed by atoms with E-state index >= 15 is 0 Å². The third kappa shape index (κ3) is 6.58. The van der Waals surface area contributed by atoms with Crippen molar-refractivity contribution in [2.24, 2.45) is 0 Å². The van der Waals surface area contributed by atoms with E-state index in [9.17, 15) is 13.6 Å². The van der Waals surface area contributed by atoms with E-state index in [4.69, 9.17) is 9.16 Å². The molecule has 2 aromatic rings. The van der Waals surface area contributed by atoms with Crippen LogP contribution in [0.2, 0.25) is 18.1 Å². The van der Waals surface area contributed by atoms with Crippen LogP contribution in [0.15, 0.2) is 28.9 Å². The van der Waals surface area contributed by atoms with Crippen LogP contribution >= 0.6 is 15.9 Å². The zero-order valence-electron chi connectivity index (χ0n) is 19.4. The van der Waals surface area contributed by atoms with Gasteiger partial charge in [-0.25, -0.2) is 18.6 Å². The van der Waals surface area contributed by atoms with Crippen LogP contribution in [-0.2, 0) is 15.6 Å². The molecule has 5 nitrogen and oxygen atoms in total. The number of aromatic nitrogens is 1. The lowest BCUT2D eigenvalue weighted by Crippen LogP contribution is -2.40. The van der Waals surface area contributed by atoms with Crippen LogP contribution in [0.5, 0.6) is 11.6 Å². The van der Waals surface area contributed by atoms with Gasteiger partial charge in [0.05, 0.1) is 17.1 Å². The van der Waals surface area contributed by atoms with Gasteiger partial charge in [0.1, 0.15) is 5.82 Å². The van der Waals surface area contributed by atoms with Crippen molar-refractivity contribution >= 4 is 30.2 Å². The normalized spacial score (nSPS) is 12.0. The topological polar surface area (TPSA) is 57.7 Å². The number of esters is 1. The molecule has 0 unspecified atom stereocenters. The van der Waals surface area contributed by atoms with E-state index in [0.717, 1.165) is 6.42 Å². The second kappa shape index (κ2) is 10.9. The molecule has 0 spiro atoms. The van der Waals surface area contributed by atoms with Gasteiger partial charge in [-0.2, -0.15) is 0 Å². The Morgan fingerprint density at radius 1 is 1.19 bits per heavy atom. The fourth-order valence-electron chi connectivity index (χ4n) is 2.67. The van der Waals surface area contributed by atoms with Gasteiger partial charge in [-0.3, -0.25) is 0 Å². The van der Waals surface area contributed by atoms with Crippen molar-refractivity contribution < 1.29 is 27.5 Å². The lowest BCUT2D eigenvalue weighted by atomic mass is 10.1. The average Bonchev–Trinajstić information content (AvgIpc) is 2.73. The number of carbonyl (C=O) groups excluding carboxylic acids is 1. The molecular formula is C23H30BrF2NO4Si. The Balaban J connectivity index is 2.10. The zero-order valence-corrected chi connectivity index (χ0v) is 21.9. The summed E-state index contributed by atoms with van der Waals surface area (Å²) in [5, 5.41) is 0.127. The third-order valence-corrected chi connectivity index (χ3v) is 10.9. The summed E-state index contributed by atoms with van der Waals surface area (Å²) in [6.07, 6.45) is 3.13. The summed E-state index contributed by atoms with van der Waals surface area (Å²) in [5.74, 6) is -2.09. The summed E-state index contributed by atoms with van der Waals surface area (Å²) in [5.41, 5.74) is 0.636. The number of unbranched alkanes of at least 4 members (excludes halogenated alkanes) is 1. The highest BCUT2D eigenvalue weighted by Crippen LogP contribution is 2.37. The molecule has 0 atom stereocenters. The molecule has 0 radical (unpaired) electrons. The van der Waals surface area contributed by atoms with Gasteiger partial charge in [-0.1, -0.05) is 20.8 Å². The smallest absolute Gasteiger partial charge is 0.339 e. The van der Waals surface area contributed by atoms with E-state index < -0.39 is 25.9 Å². The van der Waals surface area contributed by atoms with Crippen LogP contribution in [0.1, 0.15) is 49.5 Å². The Hall–Kier alpha value is -1.84. The Kier molecular flexibility index (Phi) is 8.95. The van der Waals surface area contributed by atoms with Crippen LogP contribution < -0.4 is 4.74 Å². The number of rotatable bonds is 9. The Morgan fingerprint density at radius 2 is 1.88 bits per heavy atom. The number of hydrogen-bond acceptors (Lipinski definition) is 5. The molecule has 2 rings (SSSR count). The summed E-state index contributed by atoms with van der Waals surface area (Å²) < 4.78 is 45.1. The molecule has 1 aromatic heterocycles. The first-order valence-corrected chi connectivity index (χ1v) is 14.1. The van der Waals surface area contributed by atoms with Crippen LogP contribution in [0, 0.1) is 11.6 Å². The van der Waals surface area contributed by atoms with Crippen molar-refractivity contribution in [1.82, 2.24) is 4.98 Å². The predicted octanol–water partition coefficient (Wildman–Crippen LogP) is 7.05. The fourth-order valence-corrected chi connectivity index (χ4v) is 4.05. The number of hydrogen-bond donors (Lipinski definition) is 0. The lowest BCUT2D eigenvalue weighted by molar-refractivity contribution is 0.0600. The maximum atomic E-state index is 14.8. The molecule has 9 heteroatoms. The maximum Gasteiger partial charge on any atom is 0.339 e. The Labute approximate surface area is 197 Å². The molecule has 176 valence electrons. The minimum Gasteiger partial charge on any atom is -0.465 e. The van der Waals surface area contributed by atoms with Gasteiger partial charge >= 0.3 is 5.97 Å². The zero-order chi connectivity index (χ0) is 24.1. The van der Waals surface area contributed by atoms with Crippen LogP contribution in [-0.4, -0.2) is 33.0 Å². The minimum absolute atomic E-state index is 0.0811. The molecule has 0 fully saturated rings.